The van der Waals surface area contributed by atoms with Crippen molar-refractivity contribution in [2.24, 2.45) is 0 Å². The first-order valence-electron chi connectivity index (χ1n) is 12.8. The summed E-state index contributed by atoms with van der Waals surface area (Å²) in [6.45, 7) is 2.05. The molecule has 1 atom stereocenters. The Morgan fingerprint density at radius 2 is 2.05 bits per heavy atom. The number of rotatable bonds is 6. The Kier molecular flexibility index (Phi) is 6.67. The summed E-state index contributed by atoms with van der Waals surface area (Å²) in [5.41, 5.74) is 8.80. The molecule has 1 aromatic carbocycles. The number of carbonyl (C=O) groups excluding carboxylic acids is 1. The van der Waals surface area contributed by atoms with Gasteiger partial charge in [0.1, 0.15) is 11.4 Å². The Labute approximate surface area is 233 Å². The highest BCUT2D eigenvalue weighted by Gasteiger charge is 2.24. The maximum Gasteiger partial charge on any atom is 0.262 e. The smallest absolute Gasteiger partial charge is 0.262 e. The molecule has 0 spiro atoms. The Morgan fingerprint density at radius 3 is 2.85 bits per heavy atom. The van der Waals surface area contributed by atoms with E-state index in [1.165, 1.54) is 4.52 Å². The highest BCUT2D eigenvalue weighted by atomic mass is 16.2. The number of nitrogens with two attached hydrogens (primary N) is 1. The van der Waals surface area contributed by atoms with Crippen LogP contribution in [0.4, 0.5) is 5.82 Å². The number of nitrogens with zero attached hydrogens (tertiary/aromatic N) is 7. The van der Waals surface area contributed by atoms with Crippen LogP contribution in [0.25, 0.3) is 16.6 Å². The van der Waals surface area contributed by atoms with Gasteiger partial charge >= 0.3 is 0 Å². The number of aryl methyl sites for hydroxylation is 1. The number of H-pyrrole nitrogens is 1. The van der Waals surface area contributed by atoms with Crippen molar-refractivity contribution in [3.63, 3.8) is 0 Å². The number of nitrogens with one attached hydrogen (secondary N) is 2. The van der Waals surface area contributed by atoms with E-state index in [4.69, 9.17) is 10.7 Å². The van der Waals surface area contributed by atoms with Crippen LogP contribution in [0.1, 0.15) is 46.0 Å². The van der Waals surface area contributed by atoms with E-state index in [1.807, 2.05) is 6.07 Å². The number of aromatic nitrogens is 8. The van der Waals surface area contributed by atoms with Crippen LogP contribution >= 0.6 is 0 Å². The fourth-order valence-corrected chi connectivity index (χ4v) is 4.62. The normalized spacial score (nSPS) is 11.7. The number of hydrogen-bond acceptors (Lipinski definition) is 8. The minimum Gasteiger partial charge on any atom is -0.381 e. The molecule has 202 valence electrons. The maximum atomic E-state index is 14.0. The van der Waals surface area contributed by atoms with E-state index in [1.54, 1.807) is 79.1 Å². The molecule has 0 bridgehead atoms. The number of pyridine rings is 1. The molecule has 12 nitrogen and oxygen atoms in total. The van der Waals surface area contributed by atoms with Crippen molar-refractivity contribution in [2.45, 2.75) is 25.9 Å². The van der Waals surface area contributed by atoms with E-state index in [0.29, 0.717) is 34.4 Å². The number of amides is 1. The molecule has 12 heteroatoms. The summed E-state index contributed by atoms with van der Waals surface area (Å²) in [4.78, 5) is 47.8. The fraction of sp³-hybridized carbons (Fsp3) is 0.138. The highest BCUT2D eigenvalue weighted by molar-refractivity contribution is 6.04. The Balaban J connectivity index is 1.42. The van der Waals surface area contributed by atoms with Gasteiger partial charge in [-0.25, -0.2) is 19.5 Å². The zero-order chi connectivity index (χ0) is 28.3. The van der Waals surface area contributed by atoms with Crippen LogP contribution < -0.4 is 16.6 Å². The zero-order valence-corrected chi connectivity index (χ0v) is 21.9. The molecule has 5 aromatic heterocycles. The molecule has 5 heterocycles. The lowest BCUT2D eigenvalue weighted by molar-refractivity contribution is 0.0939. The minimum absolute atomic E-state index is 0.0487. The van der Waals surface area contributed by atoms with Crippen molar-refractivity contribution >= 4 is 28.3 Å². The van der Waals surface area contributed by atoms with Gasteiger partial charge in [0.05, 0.1) is 29.0 Å². The number of anilines is 1. The lowest BCUT2D eigenvalue weighted by Gasteiger charge is -2.19. The molecular weight excluding hydrogens is 520 g/mol. The third-order valence-corrected chi connectivity index (χ3v) is 6.55. The molecule has 0 saturated carbocycles. The van der Waals surface area contributed by atoms with Gasteiger partial charge in [-0.15, -0.1) is 5.10 Å². The average molecular weight is 545 g/mol. The number of hydrogen-bond donors (Lipinski definition) is 3. The second-order valence-electron chi connectivity index (χ2n) is 9.27. The SMILES string of the molecule is C[C@H](NC(=O)c1c(N)nn2cccnc12)c1nc2cccc(C#Cc3cccnc3)c2c(=O)n1CCc1c[nH]cn1. The van der Waals surface area contributed by atoms with Crippen LogP contribution in [0.3, 0.4) is 0 Å². The summed E-state index contributed by atoms with van der Waals surface area (Å²) in [5.74, 6) is 6.12. The van der Waals surface area contributed by atoms with Gasteiger partial charge in [-0.3, -0.25) is 19.1 Å². The van der Waals surface area contributed by atoms with E-state index >= 15 is 0 Å². The van der Waals surface area contributed by atoms with E-state index in [-0.39, 0.29) is 23.5 Å². The molecule has 0 unspecified atom stereocenters. The molecule has 0 fully saturated rings. The predicted molar refractivity (Wildman–Crippen MR) is 152 cm³/mol. The summed E-state index contributed by atoms with van der Waals surface area (Å²) in [6, 6.07) is 10.0. The molecule has 4 N–H and O–H groups in total. The minimum atomic E-state index is -0.665. The molecule has 41 heavy (non-hydrogen) atoms. The van der Waals surface area contributed by atoms with Crippen molar-refractivity contribution in [2.75, 3.05) is 5.73 Å². The van der Waals surface area contributed by atoms with Crippen LogP contribution in [0.2, 0.25) is 0 Å². The molecule has 0 saturated heterocycles. The average Bonchev–Trinajstić information content (AvgIpc) is 3.62. The molecule has 0 aliphatic carbocycles. The lowest BCUT2D eigenvalue weighted by atomic mass is 10.1. The van der Waals surface area contributed by atoms with Gasteiger partial charge in [0, 0.05) is 55.1 Å². The van der Waals surface area contributed by atoms with Gasteiger partial charge in [-0.1, -0.05) is 17.9 Å². The largest absolute Gasteiger partial charge is 0.381 e. The zero-order valence-electron chi connectivity index (χ0n) is 21.9. The van der Waals surface area contributed by atoms with Gasteiger partial charge in [-0.2, -0.15) is 0 Å². The first kappa shape index (κ1) is 25.4. The number of nitrogen functional groups attached to an aromatic ring is 1. The third-order valence-electron chi connectivity index (χ3n) is 6.55. The molecule has 1 amide bonds. The number of aromatic amines is 1. The molecule has 0 radical (unpaired) electrons. The molecule has 6 aromatic rings. The fourth-order valence-electron chi connectivity index (χ4n) is 4.62. The van der Waals surface area contributed by atoms with Crippen LogP contribution in [0.5, 0.6) is 0 Å². The predicted octanol–water partition coefficient (Wildman–Crippen LogP) is 2.27. The summed E-state index contributed by atoms with van der Waals surface area (Å²) in [6.07, 6.45) is 10.4. The van der Waals surface area contributed by atoms with Gasteiger partial charge in [0.25, 0.3) is 11.5 Å². The van der Waals surface area contributed by atoms with Crippen molar-refractivity contribution < 1.29 is 4.79 Å². The third kappa shape index (κ3) is 4.99. The molecule has 6 rings (SSSR count). The standard InChI is InChI=1S/C29H24N10O2/c1-18(35-28(40)24-25(30)37-39-13-4-12-33-27(24)39)26-36-22-7-2-6-20(9-8-19-5-3-11-31-15-19)23(22)29(41)38(26)14-10-21-16-32-17-34-21/h2-7,11-13,15-18H,10,14H2,1H3,(H2,30,37)(H,32,34)(H,35,40)/t18-/m0/s1. The van der Waals surface area contributed by atoms with Crippen LogP contribution in [-0.4, -0.2) is 45.0 Å². The van der Waals surface area contributed by atoms with Crippen LogP contribution in [0.15, 0.2) is 78.5 Å². The number of fused-ring (bicyclic) bond motifs is 2. The summed E-state index contributed by atoms with van der Waals surface area (Å²) in [5, 5.41) is 7.49. The topological polar surface area (TPSA) is 162 Å². The van der Waals surface area contributed by atoms with Gasteiger partial charge in [-0.05, 0) is 37.3 Å². The van der Waals surface area contributed by atoms with Crippen molar-refractivity contribution in [1.82, 2.24) is 44.4 Å². The van der Waals surface area contributed by atoms with Crippen LogP contribution in [0, 0.1) is 11.8 Å². The quantitative estimate of drug-likeness (QED) is 0.269. The van der Waals surface area contributed by atoms with E-state index < -0.39 is 11.9 Å². The van der Waals surface area contributed by atoms with Gasteiger partial charge in [0.15, 0.2) is 11.5 Å². The molecular formula is C29H24N10O2. The second kappa shape index (κ2) is 10.7. The molecule has 0 aliphatic rings. The maximum absolute atomic E-state index is 14.0. The van der Waals surface area contributed by atoms with Crippen LogP contribution in [-0.2, 0) is 13.0 Å². The van der Waals surface area contributed by atoms with Crippen molar-refractivity contribution in [3.8, 4) is 11.8 Å². The molecule has 0 aliphatic heterocycles. The van der Waals surface area contributed by atoms with E-state index in [2.05, 4.69) is 42.2 Å². The van der Waals surface area contributed by atoms with Crippen molar-refractivity contribution in [3.05, 3.63) is 112 Å². The first-order chi connectivity index (χ1) is 20.0. The highest BCUT2D eigenvalue weighted by Crippen LogP contribution is 2.20. The van der Waals surface area contributed by atoms with E-state index in [0.717, 1.165) is 11.3 Å². The second-order valence-corrected chi connectivity index (χ2v) is 9.27. The van der Waals surface area contributed by atoms with E-state index in [9.17, 15) is 9.59 Å². The number of carbonyl (C=O) groups is 1. The monoisotopic (exact) mass is 544 g/mol. The lowest BCUT2D eigenvalue weighted by Crippen LogP contribution is -2.34. The Hall–Kier alpha value is -5.83. The van der Waals surface area contributed by atoms with Gasteiger partial charge < -0.3 is 16.0 Å². The summed E-state index contributed by atoms with van der Waals surface area (Å²) >= 11 is 0. The Bertz CT molecular complexity index is 2000. The Morgan fingerprint density at radius 1 is 1.15 bits per heavy atom. The summed E-state index contributed by atoms with van der Waals surface area (Å²) in [7, 11) is 0. The number of imidazole rings is 1. The van der Waals surface area contributed by atoms with Crippen molar-refractivity contribution in [1.29, 1.82) is 0 Å². The first-order valence-corrected chi connectivity index (χ1v) is 12.8. The number of benzene rings is 1. The van der Waals surface area contributed by atoms with Gasteiger partial charge in [0.2, 0.25) is 0 Å². The summed E-state index contributed by atoms with van der Waals surface area (Å²) < 4.78 is 3.01.